The minimum absolute atomic E-state index is 0.0844. The fraction of sp³-hybridized carbons (Fsp3) is 0.385. The molecule has 0 spiro atoms. The molecule has 2 atom stereocenters. The number of rotatable bonds is 2. The van der Waals surface area contributed by atoms with Gasteiger partial charge in [0.15, 0.2) is 0 Å². The van der Waals surface area contributed by atoms with Crippen LogP contribution >= 0.6 is 11.8 Å². The van der Waals surface area contributed by atoms with Gasteiger partial charge in [0.05, 0.1) is 18.7 Å². The van der Waals surface area contributed by atoms with Gasteiger partial charge in [0.1, 0.15) is 6.04 Å². The number of nitrogens with one attached hydrogen (secondary N) is 1. The van der Waals surface area contributed by atoms with Crippen LogP contribution in [0, 0.1) is 11.3 Å². The second-order valence-corrected chi connectivity index (χ2v) is 5.14. The van der Waals surface area contributed by atoms with Crippen LogP contribution in [-0.4, -0.2) is 30.6 Å². The minimum Gasteiger partial charge on any atom is -0.468 e. The molecule has 2 unspecified atom stereocenters. The molecule has 0 aromatic heterocycles. The van der Waals surface area contributed by atoms with Crippen molar-refractivity contribution in [2.24, 2.45) is 0 Å². The zero-order valence-electron chi connectivity index (χ0n) is 10.1. The molecule has 4 nitrogen and oxygen atoms in total. The fourth-order valence-corrected chi connectivity index (χ4v) is 3.07. The first-order valence-corrected chi connectivity index (χ1v) is 6.81. The van der Waals surface area contributed by atoms with E-state index >= 15 is 0 Å². The Morgan fingerprint density at radius 2 is 2.39 bits per heavy atom. The number of hydrogen-bond acceptors (Lipinski definition) is 5. The van der Waals surface area contributed by atoms with E-state index < -0.39 is 0 Å². The standard InChI is InChI=1S/C13H14N2O2S/c1-17-13(16)12-8-18-7-11(15-12)10-4-2-3-9(5-10)6-14/h2-5,11-12,15H,7-8H2,1H3. The highest BCUT2D eigenvalue weighted by molar-refractivity contribution is 7.99. The van der Waals surface area contributed by atoms with Crippen LogP contribution in [0.2, 0.25) is 0 Å². The van der Waals surface area contributed by atoms with Crippen LogP contribution in [0.4, 0.5) is 0 Å². The summed E-state index contributed by atoms with van der Waals surface area (Å²) in [7, 11) is 1.40. The average molecular weight is 262 g/mol. The zero-order chi connectivity index (χ0) is 13.0. The summed E-state index contributed by atoms with van der Waals surface area (Å²) in [6.07, 6.45) is 0. The van der Waals surface area contributed by atoms with Crippen LogP contribution < -0.4 is 5.32 Å². The molecule has 5 heteroatoms. The van der Waals surface area contributed by atoms with Gasteiger partial charge in [0.25, 0.3) is 0 Å². The van der Waals surface area contributed by atoms with Crippen molar-refractivity contribution >= 4 is 17.7 Å². The number of nitrogens with zero attached hydrogens (tertiary/aromatic N) is 1. The van der Waals surface area contributed by atoms with Crippen LogP contribution in [0.5, 0.6) is 0 Å². The second-order valence-electron chi connectivity index (χ2n) is 4.07. The van der Waals surface area contributed by atoms with Crippen molar-refractivity contribution in [1.82, 2.24) is 5.32 Å². The van der Waals surface area contributed by atoms with Crippen molar-refractivity contribution in [1.29, 1.82) is 5.26 Å². The molecule has 1 aromatic rings. The first kappa shape index (κ1) is 12.9. The molecular formula is C13H14N2O2S. The van der Waals surface area contributed by atoms with E-state index in [1.54, 1.807) is 17.8 Å². The van der Waals surface area contributed by atoms with Gasteiger partial charge in [-0.05, 0) is 17.7 Å². The predicted octanol–water partition coefficient (Wildman–Crippen LogP) is 1.48. The summed E-state index contributed by atoms with van der Waals surface area (Å²) in [6.45, 7) is 0. The van der Waals surface area contributed by atoms with Gasteiger partial charge in [-0.25, -0.2) is 0 Å². The van der Waals surface area contributed by atoms with Crippen LogP contribution in [0.3, 0.4) is 0 Å². The molecule has 1 aliphatic rings. The highest BCUT2D eigenvalue weighted by Gasteiger charge is 2.28. The zero-order valence-corrected chi connectivity index (χ0v) is 10.9. The molecule has 0 aliphatic carbocycles. The summed E-state index contributed by atoms with van der Waals surface area (Å²) in [4.78, 5) is 11.5. The number of carbonyl (C=O) groups excluding carboxylic acids is 1. The SMILES string of the molecule is COC(=O)C1CSCC(c2cccc(C#N)c2)N1. The van der Waals surface area contributed by atoms with E-state index in [2.05, 4.69) is 11.4 Å². The highest BCUT2D eigenvalue weighted by Crippen LogP contribution is 2.25. The molecule has 1 aromatic carbocycles. The molecule has 1 saturated heterocycles. The van der Waals surface area contributed by atoms with Crippen LogP contribution in [-0.2, 0) is 9.53 Å². The maximum absolute atomic E-state index is 11.5. The van der Waals surface area contributed by atoms with Gasteiger partial charge in [-0.3, -0.25) is 10.1 Å². The topological polar surface area (TPSA) is 62.1 Å². The van der Waals surface area contributed by atoms with Gasteiger partial charge in [0, 0.05) is 17.5 Å². The third-order valence-electron chi connectivity index (χ3n) is 2.88. The third kappa shape index (κ3) is 2.84. The number of hydrogen-bond donors (Lipinski definition) is 1. The van der Waals surface area contributed by atoms with E-state index in [0.29, 0.717) is 5.56 Å². The molecule has 0 bridgehead atoms. The number of carbonyl (C=O) groups is 1. The van der Waals surface area contributed by atoms with Crippen molar-refractivity contribution in [2.75, 3.05) is 18.6 Å². The van der Waals surface area contributed by atoms with E-state index in [4.69, 9.17) is 10.00 Å². The van der Waals surface area contributed by atoms with Crippen molar-refractivity contribution in [3.8, 4) is 6.07 Å². The fourth-order valence-electron chi connectivity index (χ4n) is 1.94. The molecule has 1 N–H and O–H groups in total. The largest absolute Gasteiger partial charge is 0.468 e. The predicted molar refractivity (Wildman–Crippen MR) is 70.2 cm³/mol. The first-order chi connectivity index (χ1) is 8.74. The smallest absolute Gasteiger partial charge is 0.323 e. The van der Waals surface area contributed by atoms with Crippen molar-refractivity contribution in [3.63, 3.8) is 0 Å². The Kier molecular flexibility index (Phi) is 4.24. The summed E-state index contributed by atoms with van der Waals surface area (Å²) in [5.41, 5.74) is 1.68. The molecule has 1 aliphatic heterocycles. The van der Waals surface area contributed by atoms with E-state index in [0.717, 1.165) is 17.1 Å². The van der Waals surface area contributed by atoms with Gasteiger partial charge in [-0.1, -0.05) is 12.1 Å². The molecule has 2 rings (SSSR count). The molecule has 0 radical (unpaired) electrons. The van der Waals surface area contributed by atoms with E-state index in [9.17, 15) is 4.79 Å². The average Bonchev–Trinajstić information content (AvgIpc) is 2.46. The number of thioether (sulfide) groups is 1. The minimum atomic E-state index is -0.274. The lowest BCUT2D eigenvalue weighted by atomic mass is 10.0. The number of nitriles is 1. The molecule has 0 amide bonds. The van der Waals surface area contributed by atoms with Gasteiger partial charge in [-0.15, -0.1) is 0 Å². The molecule has 94 valence electrons. The number of methoxy groups -OCH3 is 1. The van der Waals surface area contributed by atoms with Crippen LogP contribution in [0.1, 0.15) is 17.2 Å². The van der Waals surface area contributed by atoms with Crippen LogP contribution in [0.15, 0.2) is 24.3 Å². The summed E-state index contributed by atoms with van der Waals surface area (Å²) in [6, 6.07) is 9.40. The van der Waals surface area contributed by atoms with Crippen LogP contribution in [0.25, 0.3) is 0 Å². The summed E-state index contributed by atoms with van der Waals surface area (Å²) >= 11 is 1.72. The van der Waals surface area contributed by atoms with Crippen molar-refractivity contribution in [2.45, 2.75) is 12.1 Å². The molecule has 1 heterocycles. The molecule has 1 fully saturated rings. The Bertz CT molecular complexity index is 484. The second kappa shape index (κ2) is 5.89. The van der Waals surface area contributed by atoms with Gasteiger partial charge in [-0.2, -0.15) is 17.0 Å². The highest BCUT2D eigenvalue weighted by atomic mass is 32.2. The summed E-state index contributed by atoms with van der Waals surface area (Å²) in [5, 5.41) is 12.2. The van der Waals surface area contributed by atoms with Gasteiger partial charge >= 0.3 is 5.97 Å². The molecular weight excluding hydrogens is 248 g/mol. The molecule has 0 saturated carbocycles. The van der Waals surface area contributed by atoms with E-state index in [1.165, 1.54) is 7.11 Å². The summed E-state index contributed by atoms with van der Waals surface area (Å²) in [5.74, 6) is 1.38. The maximum Gasteiger partial charge on any atom is 0.323 e. The third-order valence-corrected chi connectivity index (χ3v) is 4.01. The Labute approximate surface area is 110 Å². The van der Waals surface area contributed by atoms with Crippen molar-refractivity contribution in [3.05, 3.63) is 35.4 Å². The Morgan fingerprint density at radius 1 is 1.56 bits per heavy atom. The van der Waals surface area contributed by atoms with Gasteiger partial charge < -0.3 is 4.74 Å². The summed E-state index contributed by atoms with van der Waals surface area (Å²) < 4.78 is 4.75. The number of benzene rings is 1. The molecule has 18 heavy (non-hydrogen) atoms. The lowest BCUT2D eigenvalue weighted by molar-refractivity contribution is -0.142. The Morgan fingerprint density at radius 3 is 3.11 bits per heavy atom. The lowest BCUT2D eigenvalue weighted by Gasteiger charge is -2.29. The number of ether oxygens (including phenoxy) is 1. The number of esters is 1. The normalized spacial score (nSPS) is 23.1. The monoisotopic (exact) mass is 262 g/mol. The Hall–Kier alpha value is -1.51. The van der Waals surface area contributed by atoms with E-state index in [1.807, 2.05) is 18.2 Å². The van der Waals surface area contributed by atoms with Crippen molar-refractivity contribution < 1.29 is 9.53 Å². The lowest BCUT2D eigenvalue weighted by Crippen LogP contribution is -2.45. The van der Waals surface area contributed by atoms with E-state index in [-0.39, 0.29) is 18.1 Å². The van der Waals surface area contributed by atoms with Gasteiger partial charge in [0.2, 0.25) is 0 Å². The maximum atomic E-state index is 11.5. The Balaban J connectivity index is 2.13. The quantitative estimate of drug-likeness (QED) is 0.818. The first-order valence-electron chi connectivity index (χ1n) is 5.66.